The maximum atomic E-state index is 5.14. The Morgan fingerprint density at radius 3 is 1.36 bits per heavy atom. The molecule has 0 N–H and O–H groups in total. The number of benzene rings is 2. The summed E-state index contributed by atoms with van der Waals surface area (Å²) < 4.78 is 10.3. The highest BCUT2D eigenvalue weighted by Gasteiger charge is 1.94. The summed E-state index contributed by atoms with van der Waals surface area (Å²) in [6.45, 7) is 0. The van der Waals surface area contributed by atoms with Crippen LogP contribution >= 0.6 is 23.5 Å². The maximum Gasteiger partial charge on any atom is 0.118 e. The Morgan fingerprint density at radius 2 is 1.05 bits per heavy atom. The molecule has 4 heteroatoms. The fourth-order valence-corrected chi connectivity index (χ4v) is 3.02. The summed E-state index contributed by atoms with van der Waals surface area (Å²) in [6.07, 6.45) is 0. The van der Waals surface area contributed by atoms with Crippen LogP contribution in [0.4, 0.5) is 0 Å². The molecule has 22 heavy (non-hydrogen) atoms. The van der Waals surface area contributed by atoms with Crippen molar-refractivity contribution < 1.29 is 9.47 Å². The summed E-state index contributed by atoms with van der Waals surface area (Å²) in [4.78, 5) is 2.41. The predicted octanol–water partition coefficient (Wildman–Crippen LogP) is 4.59. The van der Waals surface area contributed by atoms with Gasteiger partial charge in [-0.25, -0.2) is 0 Å². The minimum absolute atomic E-state index is 0.801. The molecule has 0 radical (unpaired) electrons. The number of thioether (sulfide) groups is 2. The van der Waals surface area contributed by atoms with Crippen LogP contribution < -0.4 is 9.47 Å². The summed E-state index contributed by atoms with van der Waals surface area (Å²) in [5.41, 5.74) is 0. The number of ether oxygens (including phenoxy) is 2. The van der Waals surface area contributed by atoms with Crippen LogP contribution in [0.1, 0.15) is 0 Å². The van der Waals surface area contributed by atoms with E-state index in [-0.39, 0.29) is 0 Å². The first kappa shape index (κ1) is 16.7. The van der Waals surface area contributed by atoms with Crippen molar-refractivity contribution in [2.75, 3.05) is 25.7 Å². The van der Waals surface area contributed by atoms with Gasteiger partial charge in [-0.05, 0) is 48.5 Å². The number of rotatable bonds is 6. The standard InChI is InChI=1S/C18H18O2S2/c1-19-15-5-9-17(10-6-15)21-13-3-4-14-22-18-11-7-16(20-2)8-12-18/h5-12H,13-14H2,1-2H3. The zero-order valence-corrected chi connectivity index (χ0v) is 14.3. The molecule has 114 valence electrons. The van der Waals surface area contributed by atoms with Crippen LogP contribution in [0.15, 0.2) is 58.3 Å². The Kier molecular flexibility index (Phi) is 7.08. The van der Waals surface area contributed by atoms with Crippen molar-refractivity contribution in [2.24, 2.45) is 0 Å². The average Bonchev–Trinajstić information content (AvgIpc) is 2.59. The quantitative estimate of drug-likeness (QED) is 0.569. The fraction of sp³-hybridized carbons (Fsp3) is 0.222. The lowest BCUT2D eigenvalue weighted by molar-refractivity contribution is 0.414. The minimum atomic E-state index is 0.801. The number of hydrogen-bond donors (Lipinski definition) is 0. The van der Waals surface area contributed by atoms with Crippen LogP contribution in [0.2, 0.25) is 0 Å². The van der Waals surface area contributed by atoms with Gasteiger partial charge < -0.3 is 9.47 Å². The molecule has 0 amide bonds. The summed E-state index contributed by atoms with van der Waals surface area (Å²) in [7, 11) is 3.35. The Hall–Kier alpha value is -1.70. The lowest BCUT2D eigenvalue weighted by Gasteiger charge is -2.01. The van der Waals surface area contributed by atoms with Crippen molar-refractivity contribution in [2.45, 2.75) is 9.79 Å². The molecule has 0 saturated heterocycles. The van der Waals surface area contributed by atoms with Crippen molar-refractivity contribution in [3.63, 3.8) is 0 Å². The Bertz CT molecular complexity index is 569. The van der Waals surface area contributed by atoms with E-state index in [9.17, 15) is 0 Å². The average molecular weight is 330 g/mol. The molecule has 0 unspecified atom stereocenters. The molecule has 0 aliphatic carbocycles. The largest absolute Gasteiger partial charge is 0.497 e. The molecular weight excluding hydrogens is 312 g/mol. The van der Waals surface area contributed by atoms with Gasteiger partial charge in [0.15, 0.2) is 0 Å². The molecule has 0 aromatic heterocycles. The van der Waals surface area contributed by atoms with Gasteiger partial charge in [0, 0.05) is 9.79 Å². The molecule has 0 saturated carbocycles. The summed E-state index contributed by atoms with van der Waals surface area (Å²) >= 11 is 3.47. The highest BCUT2D eigenvalue weighted by atomic mass is 32.2. The first-order chi connectivity index (χ1) is 10.8. The Morgan fingerprint density at radius 1 is 0.682 bits per heavy atom. The van der Waals surface area contributed by atoms with E-state index in [0.717, 1.165) is 23.0 Å². The molecule has 2 aromatic carbocycles. The van der Waals surface area contributed by atoms with Crippen molar-refractivity contribution in [3.05, 3.63) is 48.5 Å². The van der Waals surface area contributed by atoms with Gasteiger partial charge in [-0.1, -0.05) is 11.8 Å². The summed E-state index contributed by atoms with van der Waals surface area (Å²) in [5, 5.41) is 0. The van der Waals surface area contributed by atoms with Crippen LogP contribution in [0.25, 0.3) is 0 Å². The first-order valence-corrected chi connectivity index (χ1v) is 8.78. The van der Waals surface area contributed by atoms with Crippen LogP contribution in [0.3, 0.4) is 0 Å². The van der Waals surface area contributed by atoms with E-state index in [0.29, 0.717) is 0 Å². The van der Waals surface area contributed by atoms with Gasteiger partial charge in [-0.3, -0.25) is 0 Å². The van der Waals surface area contributed by atoms with E-state index in [4.69, 9.17) is 9.47 Å². The van der Waals surface area contributed by atoms with Crippen molar-refractivity contribution >= 4 is 23.5 Å². The molecule has 2 aromatic rings. The SMILES string of the molecule is COc1ccc(SCC#CCSc2ccc(OC)cc2)cc1. The maximum absolute atomic E-state index is 5.14. The van der Waals surface area contributed by atoms with Crippen LogP contribution in [0, 0.1) is 11.8 Å². The fourth-order valence-electron chi connectivity index (χ4n) is 1.68. The molecule has 2 rings (SSSR count). The second kappa shape index (κ2) is 9.34. The second-order valence-electron chi connectivity index (χ2n) is 4.28. The lowest BCUT2D eigenvalue weighted by atomic mass is 10.3. The van der Waals surface area contributed by atoms with E-state index in [1.165, 1.54) is 9.79 Å². The predicted molar refractivity (Wildman–Crippen MR) is 95.2 cm³/mol. The van der Waals surface area contributed by atoms with Crippen molar-refractivity contribution in [1.29, 1.82) is 0 Å². The third-order valence-corrected chi connectivity index (χ3v) is 4.65. The van der Waals surface area contributed by atoms with Crippen molar-refractivity contribution in [3.8, 4) is 23.3 Å². The monoisotopic (exact) mass is 330 g/mol. The topological polar surface area (TPSA) is 18.5 Å². The molecule has 2 nitrogen and oxygen atoms in total. The third kappa shape index (κ3) is 5.59. The summed E-state index contributed by atoms with van der Waals surface area (Å²) in [5.74, 6) is 9.75. The van der Waals surface area contributed by atoms with E-state index in [1.54, 1.807) is 37.7 Å². The molecule has 0 heterocycles. The number of methoxy groups -OCH3 is 2. The van der Waals surface area contributed by atoms with Gasteiger partial charge in [0.25, 0.3) is 0 Å². The van der Waals surface area contributed by atoms with E-state index in [1.807, 2.05) is 24.3 Å². The summed E-state index contributed by atoms with van der Waals surface area (Å²) in [6, 6.07) is 16.1. The lowest BCUT2D eigenvalue weighted by Crippen LogP contribution is -1.82. The van der Waals surface area contributed by atoms with Gasteiger partial charge >= 0.3 is 0 Å². The minimum Gasteiger partial charge on any atom is -0.497 e. The van der Waals surface area contributed by atoms with Crippen LogP contribution in [0.5, 0.6) is 11.5 Å². The van der Waals surface area contributed by atoms with Crippen LogP contribution in [-0.4, -0.2) is 25.7 Å². The molecule has 0 aliphatic rings. The molecule has 0 spiro atoms. The van der Waals surface area contributed by atoms with Gasteiger partial charge in [-0.2, -0.15) is 0 Å². The molecule has 0 bridgehead atoms. The molecule has 0 aliphatic heterocycles. The smallest absolute Gasteiger partial charge is 0.118 e. The van der Waals surface area contributed by atoms with Gasteiger partial charge in [0.05, 0.1) is 25.7 Å². The Balaban J connectivity index is 1.70. The highest BCUT2D eigenvalue weighted by Crippen LogP contribution is 2.22. The van der Waals surface area contributed by atoms with Crippen molar-refractivity contribution in [1.82, 2.24) is 0 Å². The van der Waals surface area contributed by atoms with E-state index < -0.39 is 0 Å². The first-order valence-electron chi connectivity index (χ1n) is 6.81. The molecule has 0 atom stereocenters. The second-order valence-corrected chi connectivity index (χ2v) is 6.38. The molecular formula is C18H18O2S2. The third-order valence-electron chi connectivity index (χ3n) is 2.87. The van der Waals surface area contributed by atoms with Gasteiger partial charge in [0.2, 0.25) is 0 Å². The van der Waals surface area contributed by atoms with E-state index >= 15 is 0 Å². The normalized spacial score (nSPS) is 9.73. The zero-order chi connectivity index (χ0) is 15.6. The van der Waals surface area contributed by atoms with Gasteiger partial charge in [-0.15, -0.1) is 23.5 Å². The highest BCUT2D eigenvalue weighted by molar-refractivity contribution is 7.99. The zero-order valence-electron chi connectivity index (χ0n) is 12.7. The van der Waals surface area contributed by atoms with Crippen LogP contribution in [-0.2, 0) is 0 Å². The van der Waals surface area contributed by atoms with E-state index in [2.05, 4.69) is 36.1 Å². The Labute approximate surface area is 140 Å². The van der Waals surface area contributed by atoms with Gasteiger partial charge in [0.1, 0.15) is 11.5 Å². The number of hydrogen-bond acceptors (Lipinski definition) is 4. The molecule has 0 fully saturated rings.